The quantitative estimate of drug-likeness (QED) is 0.905. The number of para-hydroxylation sites is 1. The molecule has 0 unspecified atom stereocenters. The minimum atomic E-state index is -1.04. The number of amides is 1. The second-order valence-corrected chi connectivity index (χ2v) is 4.46. The molecule has 5 heteroatoms. The molecule has 0 fully saturated rings. The van der Waals surface area contributed by atoms with Crippen molar-refractivity contribution in [1.82, 2.24) is 0 Å². The van der Waals surface area contributed by atoms with Crippen molar-refractivity contribution < 1.29 is 19.4 Å². The van der Waals surface area contributed by atoms with Crippen LogP contribution in [0.25, 0.3) is 0 Å². The molecule has 0 spiro atoms. The first kappa shape index (κ1) is 13.4. The first-order valence-corrected chi connectivity index (χ1v) is 6.44. The standard InChI is InChI=1S/C14H17NO4/c1-2-3-7-12(16)15-8-9-19-13-10(14(17)18)5-4-6-11(13)15/h4-6H,2-3,7-9H2,1H3,(H,17,18). The van der Waals surface area contributed by atoms with Gasteiger partial charge in [-0.15, -0.1) is 0 Å². The third-order valence-corrected chi connectivity index (χ3v) is 3.12. The number of carbonyl (C=O) groups is 2. The zero-order valence-electron chi connectivity index (χ0n) is 10.9. The van der Waals surface area contributed by atoms with E-state index in [1.807, 2.05) is 6.92 Å². The molecular formula is C14H17NO4. The number of hydrogen-bond acceptors (Lipinski definition) is 3. The molecule has 0 bridgehead atoms. The number of carboxylic acids is 1. The van der Waals surface area contributed by atoms with Gasteiger partial charge in [-0.3, -0.25) is 4.79 Å². The zero-order chi connectivity index (χ0) is 13.8. The molecule has 5 nitrogen and oxygen atoms in total. The number of rotatable bonds is 4. The minimum absolute atomic E-state index is 0.0222. The van der Waals surface area contributed by atoms with E-state index in [2.05, 4.69) is 0 Å². The third kappa shape index (κ3) is 2.70. The fourth-order valence-electron chi connectivity index (χ4n) is 2.14. The first-order valence-electron chi connectivity index (χ1n) is 6.44. The van der Waals surface area contributed by atoms with Crippen molar-refractivity contribution in [3.8, 4) is 5.75 Å². The molecule has 1 N–H and O–H groups in total. The van der Waals surface area contributed by atoms with Gasteiger partial charge in [0.25, 0.3) is 0 Å². The lowest BCUT2D eigenvalue weighted by molar-refractivity contribution is -0.119. The van der Waals surface area contributed by atoms with Gasteiger partial charge < -0.3 is 14.7 Å². The lowest BCUT2D eigenvalue weighted by atomic mass is 10.1. The Hall–Kier alpha value is -2.04. The average molecular weight is 263 g/mol. The molecule has 1 amide bonds. The van der Waals surface area contributed by atoms with Gasteiger partial charge in [-0.05, 0) is 18.6 Å². The molecular weight excluding hydrogens is 246 g/mol. The topological polar surface area (TPSA) is 66.8 Å². The number of ether oxygens (including phenoxy) is 1. The fraction of sp³-hybridized carbons (Fsp3) is 0.429. The van der Waals surface area contributed by atoms with Crippen LogP contribution in [-0.4, -0.2) is 30.1 Å². The third-order valence-electron chi connectivity index (χ3n) is 3.12. The zero-order valence-corrected chi connectivity index (χ0v) is 10.9. The Labute approximate surface area is 111 Å². The molecule has 1 aliphatic rings. The molecule has 0 aromatic heterocycles. The minimum Gasteiger partial charge on any atom is -0.489 e. The van der Waals surface area contributed by atoms with Crippen LogP contribution in [0, 0.1) is 0 Å². The van der Waals surface area contributed by atoms with Crippen LogP contribution in [-0.2, 0) is 4.79 Å². The molecule has 0 aliphatic carbocycles. The Bertz CT molecular complexity index is 498. The number of hydrogen-bond donors (Lipinski definition) is 1. The molecule has 0 saturated heterocycles. The van der Waals surface area contributed by atoms with Gasteiger partial charge in [0.2, 0.25) is 5.91 Å². The van der Waals surface area contributed by atoms with E-state index in [0.29, 0.717) is 31.0 Å². The molecule has 102 valence electrons. The van der Waals surface area contributed by atoms with E-state index in [-0.39, 0.29) is 11.5 Å². The van der Waals surface area contributed by atoms with Crippen LogP contribution in [0.3, 0.4) is 0 Å². The van der Waals surface area contributed by atoms with Gasteiger partial charge in [0.05, 0.1) is 12.2 Å². The van der Waals surface area contributed by atoms with Crippen LogP contribution in [0.15, 0.2) is 18.2 Å². The normalized spacial score (nSPS) is 13.6. The summed E-state index contributed by atoms with van der Waals surface area (Å²) in [5.74, 6) is -0.722. The van der Waals surface area contributed by atoms with Crippen LogP contribution < -0.4 is 9.64 Å². The van der Waals surface area contributed by atoms with Gasteiger partial charge in [0.15, 0.2) is 5.75 Å². The number of aromatic carboxylic acids is 1. The lowest BCUT2D eigenvalue weighted by Gasteiger charge is -2.30. The maximum Gasteiger partial charge on any atom is 0.339 e. The molecule has 0 atom stereocenters. The second kappa shape index (κ2) is 5.73. The van der Waals surface area contributed by atoms with Gasteiger partial charge in [-0.1, -0.05) is 19.4 Å². The van der Waals surface area contributed by atoms with Gasteiger partial charge >= 0.3 is 5.97 Å². The summed E-state index contributed by atoms with van der Waals surface area (Å²) in [7, 11) is 0. The van der Waals surface area contributed by atoms with E-state index in [0.717, 1.165) is 12.8 Å². The van der Waals surface area contributed by atoms with E-state index in [1.165, 1.54) is 6.07 Å². The summed E-state index contributed by atoms with van der Waals surface area (Å²) in [5.41, 5.74) is 0.665. The number of anilines is 1. The SMILES string of the molecule is CCCCC(=O)N1CCOc2c(C(=O)O)cccc21. The van der Waals surface area contributed by atoms with Crippen molar-refractivity contribution in [2.45, 2.75) is 26.2 Å². The average Bonchev–Trinajstić information content (AvgIpc) is 2.43. The number of unbranched alkanes of at least 4 members (excludes halogenated alkanes) is 1. The first-order chi connectivity index (χ1) is 9.15. The van der Waals surface area contributed by atoms with E-state index in [4.69, 9.17) is 9.84 Å². The predicted octanol–water partition coefficient (Wildman–Crippen LogP) is 2.30. The van der Waals surface area contributed by atoms with Crippen LogP contribution >= 0.6 is 0 Å². The molecule has 1 aromatic carbocycles. The molecule has 0 saturated carbocycles. The maximum atomic E-state index is 12.1. The molecule has 1 aliphatic heterocycles. The highest BCUT2D eigenvalue weighted by Crippen LogP contribution is 2.35. The Morgan fingerprint density at radius 1 is 1.42 bits per heavy atom. The van der Waals surface area contributed by atoms with Gasteiger partial charge in [0, 0.05) is 6.42 Å². The second-order valence-electron chi connectivity index (χ2n) is 4.46. The highest BCUT2D eigenvalue weighted by Gasteiger charge is 2.26. The monoisotopic (exact) mass is 263 g/mol. The van der Waals surface area contributed by atoms with Crippen LogP contribution in [0.1, 0.15) is 36.5 Å². The van der Waals surface area contributed by atoms with Crippen LogP contribution in [0.5, 0.6) is 5.75 Å². The van der Waals surface area contributed by atoms with Crippen molar-refractivity contribution in [1.29, 1.82) is 0 Å². The number of benzene rings is 1. The molecule has 1 aromatic rings. The van der Waals surface area contributed by atoms with Crippen molar-refractivity contribution in [3.05, 3.63) is 23.8 Å². The summed E-state index contributed by atoms with van der Waals surface area (Å²) in [4.78, 5) is 24.9. The Morgan fingerprint density at radius 3 is 2.89 bits per heavy atom. The van der Waals surface area contributed by atoms with Crippen LogP contribution in [0.2, 0.25) is 0 Å². The van der Waals surface area contributed by atoms with E-state index in [9.17, 15) is 9.59 Å². The Morgan fingerprint density at radius 2 is 2.21 bits per heavy atom. The summed E-state index contributed by atoms with van der Waals surface area (Å²) in [5, 5.41) is 9.12. The molecule has 19 heavy (non-hydrogen) atoms. The van der Waals surface area contributed by atoms with Gasteiger partial charge in [-0.25, -0.2) is 4.79 Å². The molecule has 2 rings (SSSR count). The number of nitrogens with zero attached hydrogens (tertiary/aromatic N) is 1. The van der Waals surface area contributed by atoms with Crippen molar-refractivity contribution in [2.75, 3.05) is 18.1 Å². The summed E-state index contributed by atoms with van der Waals surface area (Å²) in [6.45, 7) is 2.83. The van der Waals surface area contributed by atoms with Crippen molar-refractivity contribution in [3.63, 3.8) is 0 Å². The van der Waals surface area contributed by atoms with Gasteiger partial charge in [0.1, 0.15) is 12.2 Å². The van der Waals surface area contributed by atoms with Crippen molar-refractivity contribution >= 4 is 17.6 Å². The summed E-state index contributed by atoms with van der Waals surface area (Å²) >= 11 is 0. The van der Waals surface area contributed by atoms with Crippen molar-refractivity contribution in [2.24, 2.45) is 0 Å². The highest BCUT2D eigenvalue weighted by atomic mass is 16.5. The summed E-state index contributed by atoms with van der Waals surface area (Å²) < 4.78 is 5.43. The summed E-state index contributed by atoms with van der Waals surface area (Å²) in [6.07, 6.45) is 2.27. The smallest absolute Gasteiger partial charge is 0.339 e. The number of carboxylic acid groups (broad SMARTS) is 1. The highest BCUT2D eigenvalue weighted by molar-refractivity contribution is 5.99. The molecule has 1 heterocycles. The van der Waals surface area contributed by atoms with Crippen LogP contribution in [0.4, 0.5) is 5.69 Å². The lowest BCUT2D eigenvalue weighted by Crippen LogP contribution is -2.38. The van der Waals surface area contributed by atoms with Gasteiger partial charge in [-0.2, -0.15) is 0 Å². The van der Waals surface area contributed by atoms with E-state index >= 15 is 0 Å². The maximum absolute atomic E-state index is 12.1. The predicted molar refractivity (Wildman–Crippen MR) is 70.8 cm³/mol. The van der Waals surface area contributed by atoms with E-state index < -0.39 is 5.97 Å². The number of carbonyl (C=O) groups excluding carboxylic acids is 1. The van der Waals surface area contributed by atoms with E-state index in [1.54, 1.807) is 17.0 Å². The number of fused-ring (bicyclic) bond motifs is 1. The fourth-order valence-corrected chi connectivity index (χ4v) is 2.14. The Balaban J connectivity index is 2.32. The largest absolute Gasteiger partial charge is 0.489 e. The summed E-state index contributed by atoms with van der Waals surface area (Å²) in [6, 6.07) is 4.85. The Kier molecular flexibility index (Phi) is 4.04. The molecule has 0 radical (unpaired) electrons.